The molecule has 124 valence electrons. The zero-order valence-electron chi connectivity index (χ0n) is 13.4. The molecule has 0 spiro atoms. The van der Waals surface area contributed by atoms with E-state index >= 15 is 0 Å². The van der Waals surface area contributed by atoms with Crippen molar-refractivity contribution in [1.29, 1.82) is 0 Å². The highest BCUT2D eigenvalue weighted by molar-refractivity contribution is 7.93. The first kappa shape index (κ1) is 15.6. The molecule has 1 aromatic heterocycles. The summed E-state index contributed by atoms with van der Waals surface area (Å²) in [5, 5.41) is 0. The Kier molecular flexibility index (Phi) is 4.07. The molecule has 1 atom stereocenters. The molecule has 0 N–H and O–H groups in total. The Hall–Kier alpha value is -2.92. The maximum atomic E-state index is 13.7. The van der Waals surface area contributed by atoms with Gasteiger partial charge in [0.25, 0.3) is 0 Å². The predicted molar refractivity (Wildman–Crippen MR) is 99.1 cm³/mol. The van der Waals surface area contributed by atoms with Gasteiger partial charge in [-0.2, -0.15) is 4.98 Å². The van der Waals surface area contributed by atoms with Crippen molar-refractivity contribution in [3.63, 3.8) is 0 Å². The van der Waals surface area contributed by atoms with Crippen LogP contribution in [0.3, 0.4) is 0 Å². The van der Waals surface area contributed by atoms with E-state index in [1.165, 1.54) is 0 Å². The van der Waals surface area contributed by atoms with Crippen LogP contribution in [-0.4, -0.2) is 9.19 Å². The topological polar surface area (TPSA) is 55.5 Å². The summed E-state index contributed by atoms with van der Waals surface area (Å²) in [5.41, 5.74) is 2.29. The molecule has 0 saturated heterocycles. The second kappa shape index (κ2) is 6.53. The average molecular weight is 348 g/mol. The fourth-order valence-corrected chi connectivity index (χ4v) is 4.52. The zero-order chi connectivity index (χ0) is 17.1. The summed E-state index contributed by atoms with van der Waals surface area (Å²) < 4.78 is 23.8. The largest absolute Gasteiger partial charge is 0.422 e. The minimum Gasteiger partial charge on any atom is -0.422 e. The molecule has 4 nitrogen and oxygen atoms in total. The fraction of sp³-hybridized carbons (Fsp3) is 0.0500. The molecule has 1 heterocycles. The Balaban J connectivity index is 1.86. The van der Waals surface area contributed by atoms with Crippen LogP contribution in [0.2, 0.25) is 0 Å². The van der Waals surface area contributed by atoms with Gasteiger partial charge in [-0.1, -0.05) is 60.7 Å². The van der Waals surface area contributed by atoms with Crippen molar-refractivity contribution in [3.05, 3.63) is 90.5 Å². The van der Waals surface area contributed by atoms with Gasteiger partial charge in [0.05, 0.1) is 15.5 Å². The first-order valence-corrected chi connectivity index (χ1v) is 9.61. The Labute approximate surface area is 146 Å². The molecule has 4 rings (SSSR count). The van der Waals surface area contributed by atoms with Crippen LogP contribution in [0, 0.1) is 0 Å². The Morgan fingerprint density at radius 3 is 2.20 bits per heavy atom. The molecule has 5 heteroatoms. The molecule has 0 fully saturated rings. The number of benzene rings is 3. The highest BCUT2D eigenvalue weighted by Gasteiger charge is 2.16. The van der Waals surface area contributed by atoms with Crippen molar-refractivity contribution in [1.82, 2.24) is 4.98 Å². The lowest BCUT2D eigenvalue weighted by Crippen LogP contribution is -2.04. The SMILES string of the molecule is O=S(Cc1ccccc1)(=Nc1nc2ccccc2o1)c1ccccc1. The van der Waals surface area contributed by atoms with Crippen LogP contribution in [0.15, 0.2) is 98.6 Å². The van der Waals surface area contributed by atoms with Crippen molar-refractivity contribution in [2.24, 2.45) is 4.36 Å². The van der Waals surface area contributed by atoms with Crippen LogP contribution in [0.25, 0.3) is 11.1 Å². The smallest absolute Gasteiger partial charge is 0.331 e. The van der Waals surface area contributed by atoms with Gasteiger partial charge in [0.15, 0.2) is 5.58 Å². The number of para-hydroxylation sites is 2. The number of hydrogen-bond acceptors (Lipinski definition) is 4. The molecule has 0 bridgehead atoms. The summed E-state index contributed by atoms with van der Waals surface area (Å²) in [7, 11) is -2.75. The summed E-state index contributed by atoms with van der Waals surface area (Å²) in [6, 6.07) is 26.5. The van der Waals surface area contributed by atoms with Gasteiger partial charge >= 0.3 is 6.01 Å². The van der Waals surface area contributed by atoms with E-state index in [4.69, 9.17) is 4.42 Å². The van der Waals surface area contributed by atoms with Crippen LogP contribution in [0.4, 0.5) is 6.01 Å². The number of fused-ring (bicyclic) bond motifs is 1. The second-order valence-corrected chi connectivity index (χ2v) is 7.86. The standard InChI is InChI=1S/C20H16N2O2S/c23-25(17-11-5-2-6-12-17,15-16-9-3-1-4-10-16)22-20-21-18-13-7-8-14-19(18)24-20/h1-14H,15H2. The monoisotopic (exact) mass is 348 g/mol. The van der Waals surface area contributed by atoms with E-state index in [1.54, 1.807) is 0 Å². The number of aromatic nitrogens is 1. The molecule has 0 aliphatic rings. The lowest BCUT2D eigenvalue weighted by molar-refractivity contribution is 0.612. The highest BCUT2D eigenvalue weighted by Crippen LogP contribution is 2.26. The molecule has 0 amide bonds. The molecule has 25 heavy (non-hydrogen) atoms. The number of nitrogens with zero attached hydrogens (tertiary/aromatic N) is 2. The first-order valence-electron chi connectivity index (χ1n) is 7.92. The molecular weight excluding hydrogens is 332 g/mol. The molecule has 0 saturated carbocycles. The number of oxazole rings is 1. The summed E-state index contributed by atoms with van der Waals surface area (Å²) >= 11 is 0. The Bertz CT molecular complexity index is 1080. The van der Waals surface area contributed by atoms with Crippen molar-refractivity contribution in [2.45, 2.75) is 10.6 Å². The van der Waals surface area contributed by atoms with Gasteiger partial charge in [0, 0.05) is 4.90 Å². The van der Waals surface area contributed by atoms with Gasteiger partial charge in [0.1, 0.15) is 5.52 Å². The quantitative estimate of drug-likeness (QED) is 0.510. The number of hydrogen-bond donors (Lipinski definition) is 0. The van der Waals surface area contributed by atoms with Crippen molar-refractivity contribution in [2.75, 3.05) is 0 Å². The number of rotatable bonds is 4. The normalized spacial score (nSPS) is 13.4. The minimum absolute atomic E-state index is 0.144. The van der Waals surface area contributed by atoms with Crippen molar-refractivity contribution < 1.29 is 8.63 Å². The molecule has 0 aliphatic heterocycles. The van der Waals surface area contributed by atoms with E-state index in [0.29, 0.717) is 21.7 Å². The first-order chi connectivity index (χ1) is 12.2. The summed E-state index contributed by atoms with van der Waals surface area (Å²) in [5.74, 6) is 0.302. The van der Waals surface area contributed by atoms with Crippen LogP contribution in [-0.2, 0) is 15.5 Å². The van der Waals surface area contributed by atoms with Crippen LogP contribution < -0.4 is 0 Å². The lowest BCUT2D eigenvalue weighted by atomic mass is 10.2. The maximum absolute atomic E-state index is 13.7. The highest BCUT2D eigenvalue weighted by atomic mass is 32.2. The van der Waals surface area contributed by atoms with Gasteiger partial charge in [0.2, 0.25) is 0 Å². The zero-order valence-corrected chi connectivity index (χ0v) is 14.2. The van der Waals surface area contributed by atoms with E-state index in [9.17, 15) is 4.21 Å². The van der Waals surface area contributed by atoms with Crippen LogP contribution >= 0.6 is 0 Å². The summed E-state index contributed by atoms with van der Waals surface area (Å²) in [6.45, 7) is 0. The third-order valence-corrected chi connectivity index (χ3v) is 6.01. The van der Waals surface area contributed by atoms with Crippen LogP contribution in [0.1, 0.15) is 5.56 Å². The fourth-order valence-electron chi connectivity index (χ4n) is 2.63. The molecular formula is C20H16N2O2S. The average Bonchev–Trinajstić information content (AvgIpc) is 3.05. The van der Waals surface area contributed by atoms with E-state index < -0.39 is 9.73 Å². The Morgan fingerprint density at radius 1 is 0.840 bits per heavy atom. The lowest BCUT2D eigenvalue weighted by Gasteiger charge is -2.09. The van der Waals surface area contributed by atoms with E-state index in [2.05, 4.69) is 9.35 Å². The molecule has 0 aliphatic carbocycles. The third kappa shape index (κ3) is 3.32. The molecule has 3 aromatic carbocycles. The summed E-state index contributed by atoms with van der Waals surface area (Å²) in [6.07, 6.45) is 0. The van der Waals surface area contributed by atoms with E-state index in [1.807, 2.05) is 84.9 Å². The third-order valence-electron chi connectivity index (χ3n) is 3.82. The predicted octanol–water partition coefficient (Wildman–Crippen LogP) is 5.19. The van der Waals surface area contributed by atoms with Gasteiger partial charge in [-0.15, -0.1) is 4.36 Å². The summed E-state index contributed by atoms with van der Waals surface area (Å²) in [4.78, 5) is 5.02. The van der Waals surface area contributed by atoms with Gasteiger partial charge in [-0.05, 0) is 29.8 Å². The second-order valence-electron chi connectivity index (χ2n) is 5.64. The Morgan fingerprint density at radius 2 is 1.48 bits per heavy atom. The maximum Gasteiger partial charge on any atom is 0.331 e. The van der Waals surface area contributed by atoms with Crippen LogP contribution in [0.5, 0.6) is 0 Å². The molecule has 4 aromatic rings. The van der Waals surface area contributed by atoms with E-state index in [0.717, 1.165) is 5.56 Å². The molecule has 0 radical (unpaired) electrons. The van der Waals surface area contributed by atoms with Gasteiger partial charge in [-0.25, -0.2) is 4.21 Å². The van der Waals surface area contributed by atoms with Crippen molar-refractivity contribution >= 4 is 26.8 Å². The van der Waals surface area contributed by atoms with Crippen molar-refractivity contribution in [3.8, 4) is 0 Å². The van der Waals surface area contributed by atoms with Gasteiger partial charge in [-0.3, -0.25) is 0 Å². The van der Waals surface area contributed by atoms with Gasteiger partial charge < -0.3 is 4.42 Å². The van der Waals surface area contributed by atoms with E-state index in [-0.39, 0.29) is 6.01 Å². The molecule has 1 unspecified atom stereocenters. The minimum atomic E-state index is -2.75.